The zero-order valence-electron chi connectivity index (χ0n) is 14.1. The zero-order chi connectivity index (χ0) is 17.1. The first-order valence-electron chi connectivity index (χ1n) is 8.22. The normalized spacial score (nSPS) is 19.8. The van der Waals surface area contributed by atoms with Crippen molar-refractivity contribution >= 4 is 5.97 Å². The molecule has 1 aliphatic carbocycles. The van der Waals surface area contributed by atoms with Crippen molar-refractivity contribution in [1.29, 1.82) is 0 Å². The van der Waals surface area contributed by atoms with E-state index in [1.165, 1.54) is 24.3 Å². The fourth-order valence-electron chi connectivity index (χ4n) is 3.19. The van der Waals surface area contributed by atoms with E-state index in [-0.39, 0.29) is 44.0 Å². The van der Waals surface area contributed by atoms with Gasteiger partial charge in [0.25, 0.3) is 0 Å². The van der Waals surface area contributed by atoms with E-state index in [2.05, 4.69) is 13.0 Å². The fraction of sp³-hybridized carbons (Fsp3) is 0.350. The Balaban J connectivity index is 0.00000225. The van der Waals surface area contributed by atoms with Gasteiger partial charge in [0.05, 0.1) is 5.56 Å². The van der Waals surface area contributed by atoms with Gasteiger partial charge in [0.2, 0.25) is 0 Å². The minimum Gasteiger partial charge on any atom is -0.449 e. The molecule has 5 heteroatoms. The number of hydrogen-bond donors (Lipinski definition) is 0. The molecule has 0 unspecified atom stereocenters. The Morgan fingerprint density at radius 1 is 1.12 bits per heavy atom. The summed E-state index contributed by atoms with van der Waals surface area (Å²) in [6.07, 6.45) is 4.38. The summed E-state index contributed by atoms with van der Waals surface area (Å²) in [5.74, 6) is -0.965. The number of halogens is 2. The maximum Gasteiger partial charge on any atom is 0.344 e. The van der Waals surface area contributed by atoms with E-state index >= 15 is 0 Å². The molecule has 0 amide bonds. The van der Waals surface area contributed by atoms with E-state index in [1.807, 2.05) is 0 Å². The fourth-order valence-corrected chi connectivity index (χ4v) is 3.19. The number of carbonyl (C=O) groups is 1. The van der Waals surface area contributed by atoms with Crippen LogP contribution in [0.25, 0.3) is 0 Å². The molecule has 129 valence electrons. The maximum atomic E-state index is 14.3. The molecule has 1 aliphatic rings. The van der Waals surface area contributed by atoms with Crippen molar-refractivity contribution < 1.29 is 51.0 Å². The van der Waals surface area contributed by atoms with Crippen molar-refractivity contribution in [3.05, 3.63) is 65.2 Å². The van der Waals surface area contributed by atoms with E-state index in [9.17, 15) is 13.6 Å². The molecule has 3 rings (SSSR count). The molecule has 1 saturated carbocycles. The minimum absolute atomic E-state index is 0. The summed E-state index contributed by atoms with van der Waals surface area (Å²) in [4.78, 5) is 12.1. The van der Waals surface area contributed by atoms with Crippen LogP contribution in [0.5, 0.6) is 5.75 Å². The third kappa shape index (κ3) is 5.18. The maximum absolute atomic E-state index is 14.3. The Hall–Kier alpha value is -1.13. The second-order valence-electron chi connectivity index (χ2n) is 6.46. The third-order valence-corrected chi connectivity index (χ3v) is 4.65. The summed E-state index contributed by atoms with van der Waals surface area (Å²) in [5, 5.41) is 0. The van der Waals surface area contributed by atoms with Crippen molar-refractivity contribution in [3.63, 3.8) is 0 Å². The van der Waals surface area contributed by atoms with Gasteiger partial charge in [-0.1, -0.05) is 31.9 Å². The van der Waals surface area contributed by atoms with Crippen LogP contribution in [-0.4, -0.2) is 5.97 Å². The van der Waals surface area contributed by atoms with E-state index in [1.54, 1.807) is 6.07 Å². The van der Waals surface area contributed by atoms with Gasteiger partial charge >= 0.3 is 5.97 Å². The Kier molecular flexibility index (Phi) is 7.27. The predicted octanol–water partition coefficient (Wildman–Crippen LogP) is 5.28. The van der Waals surface area contributed by atoms with Crippen molar-refractivity contribution in [3.8, 4) is 5.75 Å². The number of rotatable bonds is 3. The molecule has 0 saturated heterocycles. The smallest absolute Gasteiger partial charge is 0.344 e. The molecule has 0 aliphatic heterocycles. The molecular formula is C20H19F2O2Y-. The SMILES string of the molecule is CC1CCC(c2ccc(C(=O)Oc3cc[c-]c(F)c3)c(F)c2)CC1.[Y]. The van der Waals surface area contributed by atoms with E-state index in [4.69, 9.17) is 4.74 Å². The third-order valence-electron chi connectivity index (χ3n) is 4.65. The molecule has 0 aromatic heterocycles. The van der Waals surface area contributed by atoms with E-state index in [0.29, 0.717) is 5.92 Å². The molecule has 25 heavy (non-hydrogen) atoms. The Labute approximate surface area is 171 Å². The van der Waals surface area contributed by atoms with Gasteiger partial charge in [-0.15, -0.1) is 12.1 Å². The molecule has 0 bridgehead atoms. The van der Waals surface area contributed by atoms with Crippen LogP contribution in [0, 0.1) is 23.6 Å². The number of carbonyl (C=O) groups excluding carboxylic acids is 1. The van der Waals surface area contributed by atoms with Gasteiger partial charge in [0, 0.05) is 44.3 Å². The number of hydrogen-bond acceptors (Lipinski definition) is 2. The van der Waals surface area contributed by atoms with Gasteiger partial charge in [-0.3, -0.25) is 0 Å². The number of benzene rings is 2. The second kappa shape index (κ2) is 9.00. The monoisotopic (exact) mass is 418 g/mol. The van der Waals surface area contributed by atoms with Crippen molar-refractivity contribution in [1.82, 2.24) is 0 Å². The zero-order valence-corrected chi connectivity index (χ0v) is 16.9. The van der Waals surface area contributed by atoms with Crippen LogP contribution in [0.15, 0.2) is 36.4 Å². The molecule has 0 heterocycles. The standard InChI is InChI=1S/C20H19F2O2.Y/c1-13-5-7-14(8-6-13)15-9-10-18(19(22)11-15)20(23)24-17-4-2-3-16(21)12-17;/h2,4,9-14H,5-8H2,1H3;/q-1;. The molecule has 1 fully saturated rings. The van der Waals surface area contributed by atoms with Crippen LogP contribution in [-0.2, 0) is 32.7 Å². The van der Waals surface area contributed by atoms with Crippen molar-refractivity contribution in [2.75, 3.05) is 0 Å². The van der Waals surface area contributed by atoms with Gasteiger partial charge < -0.3 is 4.74 Å². The second-order valence-corrected chi connectivity index (χ2v) is 6.46. The van der Waals surface area contributed by atoms with Crippen molar-refractivity contribution in [2.45, 2.75) is 38.5 Å². The first-order valence-corrected chi connectivity index (χ1v) is 8.22. The predicted molar refractivity (Wildman–Crippen MR) is 87.0 cm³/mol. The molecule has 2 aromatic carbocycles. The molecule has 1 radical (unpaired) electrons. The van der Waals surface area contributed by atoms with Gasteiger partial charge in [0.15, 0.2) is 0 Å². The molecule has 0 spiro atoms. The Morgan fingerprint density at radius 3 is 2.48 bits per heavy atom. The molecule has 2 nitrogen and oxygen atoms in total. The summed E-state index contributed by atoms with van der Waals surface area (Å²) < 4.78 is 32.4. The first kappa shape index (κ1) is 20.2. The largest absolute Gasteiger partial charge is 0.449 e. The number of ether oxygens (including phenoxy) is 1. The Morgan fingerprint density at radius 2 is 1.84 bits per heavy atom. The van der Waals surface area contributed by atoms with Crippen LogP contribution in [0.4, 0.5) is 8.78 Å². The van der Waals surface area contributed by atoms with Gasteiger partial charge in [-0.05, 0) is 42.4 Å². The van der Waals surface area contributed by atoms with Crippen LogP contribution in [0.1, 0.15) is 54.4 Å². The summed E-state index contributed by atoms with van der Waals surface area (Å²) in [6.45, 7) is 2.24. The molecule has 2 aromatic rings. The topological polar surface area (TPSA) is 26.3 Å². The summed E-state index contributed by atoms with van der Waals surface area (Å²) in [5.41, 5.74) is 0.785. The van der Waals surface area contributed by atoms with Crippen LogP contribution < -0.4 is 4.74 Å². The molecule has 0 N–H and O–H groups in total. The summed E-state index contributed by atoms with van der Waals surface area (Å²) in [7, 11) is 0. The van der Waals surface area contributed by atoms with Crippen LogP contribution in [0.2, 0.25) is 0 Å². The average molecular weight is 418 g/mol. The average Bonchev–Trinajstić information content (AvgIpc) is 2.55. The van der Waals surface area contributed by atoms with Crippen LogP contribution >= 0.6 is 0 Å². The van der Waals surface area contributed by atoms with E-state index in [0.717, 1.165) is 43.2 Å². The summed E-state index contributed by atoms with van der Waals surface area (Å²) in [6, 6.07) is 10.7. The molecular weight excluding hydrogens is 399 g/mol. The quantitative estimate of drug-likeness (QED) is 0.386. The molecule has 0 atom stereocenters. The van der Waals surface area contributed by atoms with Gasteiger partial charge in [-0.25, -0.2) is 13.6 Å². The first-order chi connectivity index (χ1) is 11.5. The number of esters is 1. The van der Waals surface area contributed by atoms with E-state index < -0.39 is 17.6 Å². The van der Waals surface area contributed by atoms with Gasteiger partial charge in [0.1, 0.15) is 5.82 Å². The van der Waals surface area contributed by atoms with Gasteiger partial charge in [-0.2, -0.15) is 6.07 Å². The summed E-state index contributed by atoms with van der Waals surface area (Å²) >= 11 is 0. The Bertz CT molecular complexity index is 740. The van der Waals surface area contributed by atoms with Crippen LogP contribution in [0.3, 0.4) is 0 Å². The minimum atomic E-state index is -0.832. The van der Waals surface area contributed by atoms with Crippen molar-refractivity contribution in [2.24, 2.45) is 5.92 Å².